The number of ether oxygens (including phenoxy) is 1. The molecule has 3 heteroatoms. The minimum Gasteiger partial charge on any atom is -0.466 e. The molecule has 2 aromatic rings. The van der Waals surface area contributed by atoms with Gasteiger partial charge in [-0.1, -0.05) is 105 Å². The van der Waals surface area contributed by atoms with Crippen LogP contribution in [0.1, 0.15) is 53.4 Å². The minimum absolute atomic E-state index is 0.0522. The Morgan fingerprint density at radius 3 is 1.73 bits per heavy atom. The molecule has 0 bridgehead atoms. The molecule has 0 heterocycles. The molecular weight excluding hydrogens is 384 g/mol. The third-order valence-electron chi connectivity index (χ3n) is 7.84. The Balaban J connectivity index is 1.71. The van der Waals surface area contributed by atoms with Crippen molar-refractivity contribution < 1.29 is 9.53 Å². The molecule has 2 nitrogen and oxygen atoms in total. The summed E-state index contributed by atoms with van der Waals surface area (Å²) in [6.45, 7) is 9.81. The third kappa shape index (κ3) is 3.55. The van der Waals surface area contributed by atoms with Gasteiger partial charge in [-0.2, -0.15) is 0 Å². The van der Waals surface area contributed by atoms with Gasteiger partial charge in [-0.15, -0.1) is 0 Å². The number of carbonyl (C=O) groups is 1. The second-order valence-electron chi connectivity index (χ2n) is 10.2. The highest BCUT2D eigenvalue weighted by atomic mass is 28.3. The van der Waals surface area contributed by atoms with Crippen molar-refractivity contribution in [3.63, 3.8) is 0 Å². The highest BCUT2D eigenvalue weighted by molar-refractivity contribution is 7.05. The number of benzene rings is 2. The molecule has 2 aliphatic carbocycles. The summed E-state index contributed by atoms with van der Waals surface area (Å²) < 4.78 is 5.36. The van der Waals surface area contributed by atoms with E-state index in [1.54, 1.807) is 10.4 Å². The zero-order valence-electron chi connectivity index (χ0n) is 18.9. The van der Waals surface area contributed by atoms with Crippen LogP contribution in [0.4, 0.5) is 0 Å². The molecule has 0 radical (unpaired) electrons. The Bertz CT molecular complexity index is 802. The van der Waals surface area contributed by atoms with E-state index in [0.717, 1.165) is 0 Å². The van der Waals surface area contributed by atoms with E-state index in [0.29, 0.717) is 24.0 Å². The van der Waals surface area contributed by atoms with Crippen LogP contribution in [0, 0.1) is 17.8 Å². The first-order chi connectivity index (χ1) is 14.4. The highest BCUT2D eigenvalue weighted by Crippen LogP contribution is 2.59. The van der Waals surface area contributed by atoms with E-state index in [2.05, 4.69) is 81.4 Å². The average Bonchev–Trinajstić information content (AvgIpc) is 3.46. The maximum absolute atomic E-state index is 12.4. The lowest BCUT2D eigenvalue weighted by atomic mass is 10.1. The fraction of sp³-hybridized carbons (Fsp3) is 0.519. The van der Waals surface area contributed by atoms with Crippen LogP contribution in [-0.4, -0.2) is 20.7 Å². The SMILES string of the molecule is CCOC(=O)C1C2CCC([Si](c3ccccc3)(c3ccccc3)C(C)(C)C)CCC21. The van der Waals surface area contributed by atoms with Crippen molar-refractivity contribution >= 4 is 24.4 Å². The van der Waals surface area contributed by atoms with E-state index in [1.165, 1.54) is 25.7 Å². The molecule has 2 aromatic carbocycles. The van der Waals surface area contributed by atoms with Crippen molar-refractivity contribution in [2.24, 2.45) is 17.8 Å². The van der Waals surface area contributed by atoms with Crippen molar-refractivity contribution in [2.45, 2.75) is 64.0 Å². The quantitative estimate of drug-likeness (QED) is 0.477. The van der Waals surface area contributed by atoms with Crippen molar-refractivity contribution in [1.29, 1.82) is 0 Å². The maximum atomic E-state index is 12.4. The number of fused-ring (bicyclic) bond motifs is 1. The van der Waals surface area contributed by atoms with E-state index in [-0.39, 0.29) is 16.9 Å². The normalized spacial score (nSPS) is 26.4. The molecule has 4 rings (SSSR count). The predicted octanol–water partition coefficient (Wildman–Crippen LogP) is 5.42. The number of esters is 1. The summed E-state index contributed by atoms with van der Waals surface area (Å²) in [5.74, 6) is 1.32. The van der Waals surface area contributed by atoms with Crippen LogP contribution in [0.2, 0.25) is 10.6 Å². The lowest BCUT2D eigenvalue weighted by Crippen LogP contribution is -2.67. The predicted molar refractivity (Wildman–Crippen MR) is 127 cm³/mol. The molecule has 0 spiro atoms. The van der Waals surface area contributed by atoms with E-state index in [9.17, 15) is 4.79 Å². The maximum Gasteiger partial charge on any atom is 0.309 e. The van der Waals surface area contributed by atoms with Gasteiger partial charge >= 0.3 is 5.97 Å². The van der Waals surface area contributed by atoms with E-state index in [4.69, 9.17) is 4.74 Å². The van der Waals surface area contributed by atoms with Gasteiger partial charge in [-0.05, 0) is 42.2 Å². The summed E-state index contributed by atoms with van der Waals surface area (Å²) in [6, 6.07) is 22.7. The van der Waals surface area contributed by atoms with Crippen LogP contribution in [0.15, 0.2) is 60.7 Å². The van der Waals surface area contributed by atoms with Crippen LogP contribution < -0.4 is 10.4 Å². The molecule has 0 aliphatic heterocycles. The van der Waals surface area contributed by atoms with E-state index < -0.39 is 8.07 Å². The summed E-state index contributed by atoms with van der Waals surface area (Å²) in [5, 5.41) is 3.33. The molecule has 30 heavy (non-hydrogen) atoms. The Morgan fingerprint density at radius 2 is 1.33 bits per heavy atom. The summed E-state index contributed by atoms with van der Waals surface area (Å²) in [7, 11) is -2.07. The number of hydrogen-bond donors (Lipinski definition) is 0. The topological polar surface area (TPSA) is 26.3 Å². The molecule has 0 aromatic heterocycles. The average molecular weight is 421 g/mol. The number of carbonyl (C=O) groups excluding carboxylic acids is 1. The van der Waals surface area contributed by atoms with Crippen molar-refractivity contribution in [3.05, 3.63) is 60.7 Å². The Labute approximate surface area is 183 Å². The van der Waals surface area contributed by atoms with Crippen LogP contribution in [-0.2, 0) is 9.53 Å². The Kier molecular flexibility index (Phi) is 5.94. The van der Waals surface area contributed by atoms with Gasteiger partial charge in [0.25, 0.3) is 0 Å². The second-order valence-corrected chi connectivity index (χ2v) is 15.3. The molecule has 0 amide bonds. The molecule has 2 saturated carbocycles. The fourth-order valence-corrected chi connectivity index (χ4v) is 13.6. The Morgan fingerprint density at radius 1 is 0.867 bits per heavy atom. The molecule has 2 unspecified atom stereocenters. The number of rotatable bonds is 5. The fourth-order valence-electron chi connectivity index (χ4n) is 6.70. The first-order valence-corrected chi connectivity index (χ1v) is 13.8. The molecule has 2 fully saturated rings. The van der Waals surface area contributed by atoms with Crippen LogP contribution in [0.25, 0.3) is 0 Å². The summed E-state index contributed by atoms with van der Waals surface area (Å²) in [6.07, 6.45) is 4.79. The smallest absolute Gasteiger partial charge is 0.309 e. The van der Waals surface area contributed by atoms with Gasteiger partial charge < -0.3 is 4.74 Å². The molecule has 0 saturated heterocycles. The van der Waals surface area contributed by atoms with Gasteiger partial charge in [0.05, 0.1) is 12.5 Å². The molecule has 0 N–H and O–H groups in total. The first kappa shape index (κ1) is 21.4. The van der Waals surface area contributed by atoms with Gasteiger partial charge in [-0.25, -0.2) is 0 Å². The summed E-state index contributed by atoms with van der Waals surface area (Å²) in [4.78, 5) is 12.4. The lowest BCUT2D eigenvalue weighted by Gasteiger charge is -2.49. The van der Waals surface area contributed by atoms with Crippen molar-refractivity contribution in [2.75, 3.05) is 6.61 Å². The van der Waals surface area contributed by atoms with Gasteiger partial charge in [0, 0.05) is 0 Å². The van der Waals surface area contributed by atoms with E-state index >= 15 is 0 Å². The van der Waals surface area contributed by atoms with Crippen LogP contribution in [0.5, 0.6) is 0 Å². The van der Waals surface area contributed by atoms with Gasteiger partial charge in [0.15, 0.2) is 0 Å². The number of hydrogen-bond acceptors (Lipinski definition) is 2. The van der Waals surface area contributed by atoms with Crippen LogP contribution >= 0.6 is 0 Å². The molecule has 2 aliphatic rings. The monoisotopic (exact) mass is 420 g/mol. The van der Waals surface area contributed by atoms with E-state index in [1.807, 2.05) is 6.92 Å². The lowest BCUT2D eigenvalue weighted by molar-refractivity contribution is -0.145. The second kappa shape index (κ2) is 8.34. The highest BCUT2D eigenvalue weighted by Gasteiger charge is 2.59. The zero-order valence-corrected chi connectivity index (χ0v) is 19.9. The van der Waals surface area contributed by atoms with Gasteiger partial charge in [-0.3, -0.25) is 4.79 Å². The minimum atomic E-state index is -2.07. The molecule has 2 atom stereocenters. The van der Waals surface area contributed by atoms with Crippen molar-refractivity contribution in [3.8, 4) is 0 Å². The van der Waals surface area contributed by atoms with Gasteiger partial charge in [0.1, 0.15) is 8.07 Å². The van der Waals surface area contributed by atoms with Crippen LogP contribution in [0.3, 0.4) is 0 Å². The first-order valence-electron chi connectivity index (χ1n) is 11.7. The molecule has 160 valence electrons. The summed E-state index contributed by atoms with van der Waals surface area (Å²) >= 11 is 0. The Hall–Kier alpha value is -1.87. The largest absolute Gasteiger partial charge is 0.466 e. The van der Waals surface area contributed by atoms with Gasteiger partial charge in [0.2, 0.25) is 0 Å². The molecular formula is C27H36O2Si. The zero-order chi connectivity index (χ0) is 21.4. The standard InChI is InChI=1S/C27H36O2Si/c1-5-29-26(28)25-23-18-16-22(17-19-24(23)25)30(27(2,3)4,20-12-8-6-9-13-20)21-14-10-7-11-15-21/h6-15,22-25H,5,16-19H2,1-4H3. The third-order valence-corrected chi connectivity index (χ3v) is 14.5. The summed E-state index contributed by atoms with van der Waals surface area (Å²) in [5.41, 5.74) is 0.693. The van der Waals surface area contributed by atoms with Crippen molar-refractivity contribution in [1.82, 2.24) is 0 Å².